The summed E-state index contributed by atoms with van der Waals surface area (Å²) < 4.78 is 17.6. The Morgan fingerprint density at radius 2 is 1.65 bits per heavy atom. The van der Waals surface area contributed by atoms with Gasteiger partial charge >= 0.3 is 0 Å². The van der Waals surface area contributed by atoms with E-state index in [1.54, 1.807) is 0 Å². The fraction of sp³-hybridized carbons (Fsp3) is 1.00. The number of aliphatic hydroxyl groups excluding tert-OH is 1. The molecule has 1 rings (SSSR count). The molecule has 0 bridgehead atoms. The number of hydrogen-bond acceptors (Lipinski definition) is 4. The van der Waals surface area contributed by atoms with Crippen LogP contribution in [-0.2, 0) is 13.9 Å². The molecule has 1 aliphatic rings. The minimum absolute atomic E-state index is 0.107. The van der Waals surface area contributed by atoms with Crippen molar-refractivity contribution in [3.63, 3.8) is 0 Å². The lowest BCUT2D eigenvalue weighted by molar-refractivity contribution is -0.208. The van der Waals surface area contributed by atoms with E-state index in [-0.39, 0.29) is 18.5 Å². The van der Waals surface area contributed by atoms with E-state index in [4.69, 9.17) is 13.9 Å². The van der Waals surface area contributed by atoms with Crippen LogP contribution in [0.3, 0.4) is 0 Å². The van der Waals surface area contributed by atoms with Crippen LogP contribution in [0.15, 0.2) is 0 Å². The highest BCUT2D eigenvalue weighted by Gasteiger charge is 2.44. The second-order valence-corrected chi connectivity index (χ2v) is 13.3. The molecule has 1 fully saturated rings. The van der Waals surface area contributed by atoms with Gasteiger partial charge in [0.15, 0.2) is 14.6 Å². The molecule has 1 heterocycles. The summed E-state index contributed by atoms with van der Waals surface area (Å²) >= 11 is 0. The lowest BCUT2D eigenvalue weighted by Crippen LogP contribution is -2.48. The van der Waals surface area contributed by atoms with Gasteiger partial charge in [0.2, 0.25) is 0 Å². The minimum atomic E-state index is -1.82. The predicted molar refractivity (Wildman–Crippen MR) is 97.1 cm³/mol. The zero-order valence-corrected chi connectivity index (χ0v) is 17.2. The van der Waals surface area contributed by atoms with Crippen molar-refractivity contribution in [3.05, 3.63) is 0 Å². The molecule has 0 saturated carbocycles. The monoisotopic (exact) mass is 346 g/mol. The Morgan fingerprint density at radius 3 is 2.13 bits per heavy atom. The van der Waals surface area contributed by atoms with E-state index < -0.39 is 8.32 Å². The average Bonchev–Trinajstić information content (AvgIpc) is 2.42. The summed E-state index contributed by atoms with van der Waals surface area (Å²) in [7, 11) is -1.82. The lowest BCUT2D eigenvalue weighted by atomic mass is 10.1. The summed E-state index contributed by atoms with van der Waals surface area (Å²) in [6, 6.07) is 0. The van der Waals surface area contributed by atoms with E-state index >= 15 is 0 Å². The molecule has 4 nitrogen and oxygen atoms in total. The van der Waals surface area contributed by atoms with Gasteiger partial charge in [-0.2, -0.15) is 0 Å². The van der Waals surface area contributed by atoms with Gasteiger partial charge in [0, 0.05) is 6.61 Å². The summed E-state index contributed by atoms with van der Waals surface area (Å²) in [5.74, 6) is 0. The summed E-state index contributed by atoms with van der Waals surface area (Å²) in [5.41, 5.74) is 1.75. The zero-order valence-electron chi connectivity index (χ0n) is 16.2. The van der Waals surface area contributed by atoms with Crippen molar-refractivity contribution >= 4 is 8.32 Å². The average molecular weight is 347 g/mol. The van der Waals surface area contributed by atoms with Crippen molar-refractivity contribution in [2.75, 3.05) is 13.2 Å². The Kier molecular flexibility index (Phi) is 8.73. The van der Waals surface area contributed by atoms with E-state index in [9.17, 15) is 5.11 Å². The number of rotatable bonds is 9. The lowest BCUT2D eigenvalue weighted by Gasteiger charge is -2.42. The standard InChI is InChI=1S/C18H38O4Si/c1-13(2)23(14(3)4,15(5)6)21-11-8-17(19)12-18-9-10-20-16(7)22-18/h13-19H,8-12H2,1-7H3/t16?,17-,18+/m1/s1. The van der Waals surface area contributed by atoms with Gasteiger partial charge in [0.05, 0.1) is 18.8 Å². The maximum atomic E-state index is 10.3. The number of aliphatic hydroxyl groups is 1. The van der Waals surface area contributed by atoms with Gasteiger partial charge in [-0.15, -0.1) is 0 Å². The van der Waals surface area contributed by atoms with Gasteiger partial charge in [0.25, 0.3) is 0 Å². The molecule has 0 aromatic heterocycles. The smallest absolute Gasteiger partial charge is 0.200 e. The molecule has 0 aromatic rings. The third-order valence-corrected chi connectivity index (χ3v) is 11.3. The molecule has 1 aliphatic heterocycles. The fourth-order valence-corrected chi connectivity index (χ4v) is 9.68. The second-order valence-electron chi connectivity index (χ2n) is 7.83. The normalized spacial score (nSPS) is 24.7. The van der Waals surface area contributed by atoms with Crippen LogP contribution < -0.4 is 0 Å². The van der Waals surface area contributed by atoms with Crippen LogP contribution in [0.5, 0.6) is 0 Å². The molecule has 5 heteroatoms. The van der Waals surface area contributed by atoms with Crippen LogP contribution in [0.25, 0.3) is 0 Å². The third-order valence-electron chi connectivity index (χ3n) is 5.22. The van der Waals surface area contributed by atoms with Gasteiger partial charge in [0.1, 0.15) is 0 Å². The number of ether oxygens (including phenoxy) is 2. The first-order chi connectivity index (χ1) is 10.7. The summed E-state index contributed by atoms with van der Waals surface area (Å²) in [6.45, 7) is 17.0. The minimum Gasteiger partial charge on any atom is -0.416 e. The van der Waals surface area contributed by atoms with Crippen molar-refractivity contribution < 1.29 is 19.0 Å². The summed E-state index contributed by atoms with van der Waals surface area (Å²) in [5, 5.41) is 10.3. The van der Waals surface area contributed by atoms with Crippen molar-refractivity contribution in [2.24, 2.45) is 0 Å². The SMILES string of the molecule is CC1OCC[C@@H](C[C@H](O)CCO[Si](C(C)C)(C(C)C)C(C)C)O1. The van der Waals surface area contributed by atoms with Gasteiger partial charge in [-0.25, -0.2) is 0 Å². The van der Waals surface area contributed by atoms with E-state index in [0.29, 0.717) is 36.1 Å². The Balaban J connectivity index is 2.46. The van der Waals surface area contributed by atoms with Crippen molar-refractivity contribution in [2.45, 2.75) is 103 Å². The van der Waals surface area contributed by atoms with Crippen molar-refractivity contribution in [3.8, 4) is 0 Å². The first-order valence-electron chi connectivity index (χ1n) is 9.29. The highest BCUT2D eigenvalue weighted by molar-refractivity contribution is 6.77. The molecule has 0 radical (unpaired) electrons. The molecule has 1 N–H and O–H groups in total. The molecule has 3 atom stereocenters. The van der Waals surface area contributed by atoms with Crippen LogP contribution in [0.1, 0.15) is 67.7 Å². The molecule has 0 aliphatic carbocycles. The van der Waals surface area contributed by atoms with Crippen LogP contribution >= 0.6 is 0 Å². The van der Waals surface area contributed by atoms with E-state index in [0.717, 1.165) is 13.0 Å². The maximum Gasteiger partial charge on any atom is 0.200 e. The van der Waals surface area contributed by atoms with Gasteiger partial charge < -0.3 is 19.0 Å². The van der Waals surface area contributed by atoms with Crippen LogP contribution in [-0.4, -0.2) is 45.1 Å². The summed E-state index contributed by atoms with van der Waals surface area (Å²) in [4.78, 5) is 0. The molecular weight excluding hydrogens is 308 g/mol. The van der Waals surface area contributed by atoms with E-state index in [1.165, 1.54) is 0 Å². The molecular formula is C18H38O4Si. The molecule has 1 saturated heterocycles. The topological polar surface area (TPSA) is 47.9 Å². The van der Waals surface area contributed by atoms with Gasteiger partial charge in [-0.1, -0.05) is 41.5 Å². The molecule has 23 heavy (non-hydrogen) atoms. The predicted octanol–water partition coefficient (Wildman–Crippen LogP) is 4.47. The van der Waals surface area contributed by atoms with E-state index in [1.807, 2.05) is 6.92 Å². The highest BCUT2D eigenvalue weighted by atomic mass is 28.4. The summed E-state index contributed by atoms with van der Waals surface area (Å²) in [6.07, 6.45) is 1.83. The molecule has 0 aromatic carbocycles. The van der Waals surface area contributed by atoms with Gasteiger partial charge in [-0.05, 0) is 42.8 Å². The third kappa shape index (κ3) is 5.82. The maximum absolute atomic E-state index is 10.3. The Labute approximate surface area is 144 Å². The van der Waals surface area contributed by atoms with Crippen molar-refractivity contribution in [1.29, 1.82) is 0 Å². The van der Waals surface area contributed by atoms with Crippen LogP contribution in [0.2, 0.25) is 16.6 Å². The highest BCUT2D eigenvalue weighted by Crippen LogP contribution is 2.42. The molecule has 138 valence electrons. The second kappa shape index (κ2) is 9.52. The Morgan fingerprint density at radius 1 is 1.09 bits per heavy atom. The van der Waals surface area contributed by atoms with Crippen molar-refractivity contribution in [1.82, 2.24) is 0 Å². The fourth-order valence-electron chi connectivity index (χ4n) is 4.21. The Bertz CT molecular complexity index is 311. The van der Waals surface area contributed by atoms with Gasteiger partial charge in [-0.3, -0.25) is 0 Å². The first-order valence-corrected chi connectivity index (χ1v) is 11.4. The van der Waals surface area contributed by atoms with Crippen LogP contribution in [0.4, 0.5) is 0 Å². The van der Waals surface area contributed by atoms with E-state index in [2.05, 4.69) is 41.5 Å². The number of hydrogen-bond donors (Lipinski definition) is 1. The molecule has 0 amide bonds. The zero-order chi connectivity index (χ0) is 17.6. The van der Waals surface area contributed by atoms with Crippen LogP contribution in [0, 0.1) is 0 Å². The molecule has 0 spiro atoms. The molecule has 1 unspecified atom stereocenters. The quantitative estimate of drug-likeness (QED) is 0.626. The first kappa shape index (κ1) is 21.1. The Hall–Kier alpha value is 0.0569. The largest absolute Gasteiger partial charge is 0.416 e.